The van der Waals surface area contributed by atoms with Gasteiger partial charge in [-0.3, -0.25) is 4.68 Å². The van der Waals surface area contributed by atoms with Crippen LogP contribution in [-0.2, 0) is 0 Å². The summed E-state index contributed by atoms with van der Waals surface area (Å²) >= 11 is 0. The Morgan fingerprint density at radius 3 is 2.58 bits per heavy atom. The van der Waals surface area contributed by atoms with Crippen LogP contribution in [0.1, 0.15) is 69.3 Å². The minimum absolute atomic E-state index is 0.542. The van der Waals surface area contributed by atoms with E-state index in [1.54, 1.807) is 0 Å². The van der Waals surface area contributed by atoms with E-state index in [0.29, 0.717) is 12.1 Å². The first-order valence-electron chi connectivity index (χ1n) is 7.98. The predicted octanol–water partition coefficient (Wildman–Crippen LogP) is 3.76. The van der Waals surface area contributed by atoms with E-state index >= 15 is 0 Å². The third-order valence-corrected chi connectivity index (χ3v) is 4.24. The topological polar surface area (TPSA) is 29.9 Å². The summed E-state index contributed by atoms with van der Waals surface area (Å²) in [5.41, 5.74) is 2.46. The van der Waals surface area contributed by atoms with Gasteiger partial charge in [-0.25, -0.2) is 0 Å². The van der Waals surface area contributed by atoms with E-state index in [1.165, 1.54) is 50.6 Å². The average molecular weight is 263 g/mol. The largest absolute Gasteiger partial charge is 0.312 e. The Balaban J connectivity index is 2.16. The summed E-state index contributed by atoms with van der Waals surface area (Å²) in [5, 5.41) is 8.50. The molecule has 1 saturated carbocycles. The summed E-state index contributed by atoms with van der Waals surface area (Å²) in [4.78, 5) is 0. The Morgan fingerprint density at radius 1 is 1.21 bits per heavy atom. The zero-order chi connectivity index (χ0) is 13.7. The van der Waals surface area contributed by atoms with Crippen molar-refractivity contribution in [2.75, 3.05) is 6.54 Å². The highest BCUT2D eigenvalue weighted by molar-refractivity contribution is 5.08. The highest BCUT2D eigenvalue weighted by Gasteiger charge is 2.25. The van der Waals surface area contributed by atoms with Gasteiger partial charge in [-0.15, -0.1) is 0 Å². The molecular formula is C16H29N3. The molecule has 1 heterocycles. The zero-order valence-electron chi connectivity index (χ0n) is 12.8. The Hall–Kier alpha value is -0.830. The second kappa shape index (κ2) is 7.09. The van der Waals surface area contributed by atoms with Crippen molar-refractivity contribution in [3.8, 4) is 0 Å². The van der Waals surface area contributed by atoms with Gasteiger partial charge in [0.25, 0.3) is 0 Å². The van der Waals surface area contributed by atoms with Gasteiger partial charge in [-0.05, 0) is 45.7 Å². The van der Waals surface area contributed by atoms with Crippen molar-refractivity contribution in [1.29, 1.82) is 0 Å². The molecule has 3 nitrogen and oxygen atoms in total. The highest BCUT2D eigenvalue weighted by atomic mass is 15.3. The zero-order valence-corrected chi connectivity index (χ0v) is 12.8. The number of aromatic nitrogens is 2. The maximum Gasteiger partial charge on any atom is 0.0675 e. The maximum atomic E-state index is 4.74. The van der Waals surface area contributed by atoms with E-state index in [9.17, 15) is 0 Å². The van der Waals surface area contributed by atoms with Gasteiger partial charge in [0.05, 0.1) is 11.7 Å². The number of rotatable bonds is 4. The van der Waals surface area contributed by atoms with Crippen molar-refractivity contribution in [1.82, 2.24) is 15.1 Å². The van der Waals surface area contributed by atoms with Crippen LogP contribution in [0, 0.1) is 13.8 Å². The second-order valence-electron chi connectivity index (χ2n) is 5.99. The second-order valence-corrected chi connectivity index (χ2v) is 5.99. The van der Waals surface area contributed by atoms with Gasteiger partial charge in [-0.1, -0.05) is 32.6 Å². The average Bonchev–Trinajstić information content (AvgIpc) is 2.67. The molecule has 0 bridgehead atoms. The molecule has 1 aliphatic carbocycles. The Bertz CT molecular complexity index is 381. The molecule has 0 aliphatic heterocycles. The summed E-state index contributed by atoms with van der Waals surface area (Å²) in [6, 6.07) is 3.34. The number of hydrogen-bond acceptors (Lipinski definition) is 2. The third-order valence-electron chi connectivity index (χ3n) is 4.24. The molecule has 1 aliphatic rings. The summed E-state index contributed by atoms with van der Waals surface area (Å²) in [5.74, 6) is 0. The summed E-state index contributed by atoms with van der Waals surface area (Å²) in [6.45, 7) is 7.66. The minimum Gasteiger partial charge on any atom is -0.312 e. The molecule has 1 aromatic heterocycles. The van der Waals surface area contributed by atoms with Crippen molar-refractivity contribution in [3.63, 3.8) is 0 Å². The first kappa shape index (κ1) is 14.6. The Kier molecular flexibility index (Phi) is 5.44. The molecule has 0 spiro atoms. The molecule has 0 aromatic carbocycles. The minimum atomic E-state index is 0.542. The molecule has 1 N–H and O–H groups in total. The number of hydrogen-bond donors (Lipinski definition) is 1. The van der Waals surface area contributed by atoms with Crippen molar-refractivity contribution >= 4 is 0 Å². The van der Waals surface area contributed by atoms with Crippen LogP contribution in [0.5, 0.6) is 0 Å². The highest BCUT2D eigenvalue weighted by Crippen LogP contribution is 2.28. The van der Waals surface area contributed by atoms with Gasteiger partial charge in [0, 0.05) is 11.7 Å². The molecular weight excluding hydrogens is 234 g/mol. The van der Waals surface area contributed by atoms with Gasteiger partial charge in [0.2, 0.25) is 0 Å². The lowest BCUT2D eigenvalue weighted by molar-refractivity contribution is 0.263. The van der Waals surface area contributed by atoms with Crippen molar-refractivity contribution in [2.24, 2.45) is 0 Å². The predicted molar refractivity (Wildman–Crippen MR) is 80.5 cm³/mol. The van der Waals surface area contributed by atoms with Gasteiger partial charge >= 0.3 is 0 Å². The molecule has 0 amide bonds. The first-order chi connectivity index (χ1) is 9.22. The molecule has 1 fully saturated rings. The quantitative estimate of drug-likeness (QED) is 0.896. The fraction of sp³-hybridized carbons (Fsp3) is 0.812. The lowest BCUT2D eigenvalue weighted by Gasteiger charge is -2.31. The third kappa shape index (κ3) is 3.82. The van der Waals surface area contributed by atoms with Crippen molar-refractivity contribution in [3.05, 3.63) is 17.5 Å². The molecule has 2 atom stereocenters. The van der Waals surface area contributed by atoms with Crippen LogP contribution >= 0.6 is 0 Å². The first-order valence-corrected chi connectivity index (χ1v) is 7.98. The van der Waals surface area contributed by atoms with E-state index in [1.807, 2.05) is 0 Å². The van der Waals surface area contributed by atoms with E-state index in [2.05, 4.69) is 36.8 Å². The number of aryl methyl sites for hydroxylation is 2. The van der Waals surface area contributed by atoms with Gasteiger partial charge < -0.3 is 5.32 Å². The smallest absolute Gasteiger partial charge is 0.0675 e. The summed E-state index contributed by atoms with van der Waals surface area (Å²) in [7, 11) is 0. The molecule has 1 aromatic rings. The lowest BCUT2D eigenvalue weighted by atomic mass is 9.92. The molecule has 108 valence electrons. The molecule has 19 heavy (non-hydrogen) atoms. The van der Waals surface area contributed by atoms with E-state index in [4.69, 9.17) is 5.10 Å². The van der Waals surface area contributed by atoms with Gasteiger partial charge in [-0.2, -0.15) is 5.10 Å². The fourth-order valence-electron chi connectivity index (χ4n) is 3.31. The standard InChI is InChI=1S/C16H29N3/c1-4-11-17-15-9-7-5-6-8-10-16(15)19-14(3)12-13(2)18-19/h12,15-17H,4-11H2,1-3H3. The monoisotopic (exact) mass is 263 g/mol. The van der Waals surface area contributed by atoms with Crippen LogP contribution in [-0.4, -0.2) is 22.4 Å². The van der Waals surface area contributed by atoms with Gasteiger partial charge in [0.15, 0.2) is 0 Å². The molecule has 2 rings (SSSR count). The van der Waals surface area contributed by atoms with Crippen LogP contribution in [0.4, 0.5) is 0 Å². The van der Waals surface area contributed by atoms with E-state index < -0.39 is 0 Å². The lowest BCUT2D eigenvalue weighted by Crippen LogP contribution is -2.39. The van der Waals surface area contributed by atoms with E-state index in [-0.39, 0.29) is 0 Å². The van der Waals surface area contributed by atoms with Crippen LogP contribution in [0.2, 0.25) is 0 Å². The number of nitrogens with one attached hydrogen (secondary N) is 1. The van der Waals surface area contributed by atoms with Crippen LogP contribution < -0.4 is 5.32 Å². The maximum absolute atomic E-state index is 4.74. The summed E-state index contributed by atoms with van der Waals surface area (Å²) < 4.78 is 2.29. The molecule has 2 unspecified atom stereocenters. The number of nitrogens with zero attached hydrogens (tertiary/aromatic N) is 2. The Labute approximate surface area is 117 Å². The van der Waals surface area contributed by atoms with Crippen LogP contribution in [0.25, 0.3) is 0 Å². The summed E-state index contributed by atoms with van der Waals surface area (Å²) in [6.07, 6.45) is 9.25. The Morgan fingerprint density at radius 2 is 1.95 bits per heavy atom. The molecule has 0 radical (unpaired) electrons. The normalized spacial score (nSPS) is 25.0. The fourth-order valence-corrected chi connectivity index (χ4v) is 3.31. The molecule has 0 saturated heterocycles. The molecule has 3 heteroatoms. The van der Waals surface area contributed by atoms with Crippen molar-refractivity contribution in [2.45, 2.75) is 77.8 Å². The van der Waals surface area contributed by atoms with Crippen LogP contribution in [0.15, 0.2) is 6.07 Å². The van der Waals surface area contributed by atoms with Gasteiger partial charge in [0.1, 0.15) is 0 Å². The van der Waals surface area contributed by atoms with E-state index in [0.717, 1.165) is 12.2 Å². The van der Waals surface area contributed by atoms with Crippen LogP contribution in [0.3, 0.4) is 0 Å². The van der Waals surface area contributed by atoms with Crippen molar-refractivity contribution < 1.29 is 0 Å². The SMILES string of the molecule is CCCNC1CCCCCCC1n1nc(C)cc1C.